The molecule has 0 aliphatic heterocycles. The molecule has 0 unspecified atom stereocenters. The topological polar surface area (TPSA) is 103 Å². The number of nitro groups is 2. The monoisotopic (exact) mass is 377 g/mol. The fourth-order valence-electron chi connectivity index (χ4n) is 2.23. The first-order valence-electron chi connectivity index (χ1n) is 9.34. The van der Waals surface area contributed by atoms with E-state index in [2.05, 4.69) is 6.92 Å². The quantitative estimate of drug-likeness (QED) is 0.154. The number of rotatable bonds is 16. The van der Waals surface area contributed by atoms with E-state index in [-0.39, 0.29) is 24.2 Å². The smallest absolute Gasteiger partial charge is 0.246 e. The molecule has 0 amide bonds. The third kappa shape index (κ3) is 14.3. The Hall–Kier alpha value is -2.57. The van der Waals surface area contributed by atoms with Gasteiger partial charge in [0.25, 0.3) is 0 Å². The van der Waals surface area contributed by atoms with Crippen LogP contribution in [0.5, 0.6) is 0 Å². The van der Waals surface area contributed by atoms with E-state index in [0.717, 1.165) is 25.7 Å². The van der Waals surface area contributed by atoms with Crippen LogP contribution >= 0.6 is 0 Å². The minimum Gasteiger partial charge on any atom is -0.291 e. The van der Waals surface area contributed by atoms with Gasteiger partial charge < -0.3 is 0 Å². The van der Waals surface area contributed by atoms with Crippen molar-refractivity contribution in [2.45, 2.75) is 71.1 Å². The zero-order chi connectivity index (χ0) is 20.3. The van der Waals surface area contributed by atoms with Crippen LogP contribution in [0.15, 0.2) is 47.9 Å². The molecule has 0 aliphatic rings. The summed E-state index contributed by atoms with van der Waals surface area (Å²) in [5.74, 6) is 0. The van der Waals surface area contributed by atoms with Gasteiger partial charge in [0.2, 0.25) is 11.4 Å². The molecule has 0 saturated heterocycles. The van der Waals surface area contributed by atoms with Crippen LogP contribution in [0, 0.1) is 20.2 Å². The molecule has 27 heavy (non-hydrogen) atoms. The molecule has 0 aromatic rings. The van der Waals surface area contributed by atoms with Crippen molar-refractivity contribution in [3.05, 3.63) is 68.1 Å². The first-order valence-corrected chi connectivity index (χ1v) is 9.34. The van der Waals surface area contributed by atoms with Gasteiger partial charge in [-0.15, -0.1) is 0 Å². The molecule has 1 radical (unpaired) electrons. The molecule has 0 spiro atoms. The third-order valence-electron chi connectivity index (χ3n) is 3.79. The second-order valence-electron chi connectivity index (χ2n) is 6.02. The van der Waals surface area contributed by atoms with E-state index in [1.54, 1.807) is 18.4 Å². The van der Waals surface area contributed by atoms with E-state index in [4.69, 9.17) is 0 Å². The van der Waals surface area contributed by atoms with Gasteiger partial charge in [-0.3, -0.25) is 25.0 Å². The first-order chi connectivity index (χ1) is 13.0. The van der Waals surface area contributed by atoms with Crippen LogP contribution in [-0.4, -0.2) is 16.1 Å². The summed E-state index contributed by atoms with van der Waals surface area (Å²) in [7, 11) is 0. The highest BCUT2D eigenvalue weighted by molar-refractivity contribution is 5.50. The summed E-state index contributed by atoms with van der Waals surface area (Å²) in [6, 6.07) is 0. The Morgan fingerprint density at radius 2 is 1.48 bits per heavy atom. The number of unbranched alkanes of at least 4 members (excludes halogenated alkanes) is 5. The van der Waals surface area contributed by atoms with Crippen molar-refractivity contribution < 1.29 is 14.6 Å². The molecule has 0 aliphatic carbocycles. The average molecular weight is 377 g/mol. The zero-order valence-electron chi connectivity index (χ0n) is 16.0. The van der Waals surface area contributed by atoms with Crippen molar-refractivity contribution >= 4 is 6.29 Å². The average Bonchev–Trinajstić information content (AvgIpc) is 2.63. The summed E-state index contributed by atoms with van der Waals surface area (Å²) in [6.45, 7) is 2.11. The summed E-state index contributed by atoms with van der Waals surface area (Å²) in [5.41, 5.74) is -0.0951. The lowest BCUT2D eigenvalue weighted by molar-refractivity contribution is -0.431. The predicted octanol–water partition coefficient (Wildman–Crippen LogP) is 5.45. The van der Waals surface area contributed by atoms with Gasteiger partial charge in [0, 0.05) is 6.42 Å². The number of allylic oxidation sites excluding steroid dienone is 6. The molecule has 0 atom stereocenters. The van der Waals surface area contributed by atoms with Gasteiger partial charge in [0.1, 0.15) is 0 Å². The summed E-state index contributed by atoms with van der Waals surface area (Å²) in [4.78, 5) is 31.3. The fraction of sp³-hybridized carbons (Fsp3) is 0.550. The molecule has 0 rings (SSSR count). The number of nitrogens with zero attached hydrogens (tertiary/aromatic N) is 2. The van der Waals surface area contributed by atoms with E-state index < -0.39 is 9.85 Å². The van der Waals surface area contributed by atoms with Gasteiger partial charge in [0.05, 0.1) is 22.7 Å². The highest BCUT2D eigenvalue weighted by Gasteiger charge is 2.13. The Morgan fingerprint density at radius 3 is 2.11 bits per heavy atom. The van der Waals surface area contributed by atoms with Crippen molar-refractivity contribution in [3.8, 4) is 0 Å². The Morgan fingerprint density at radius 1 is 0.852 bits per heavy atom. The zero-order valence-corrected chi connectivity index (χ0v) is 16.0. The molecule has 0 heterocycles. The van der Waals surface area contributed by atoms with E-state index >= 15 is 0 Å². The number of hydrogen-bond donors (Lipinski definition) is 0. The second-order valence-corrected chi connectivity index (χ2v) is 6.02. The third-order valence-corrected chi connectivity index (χ3v) is 3.79. The van der Waals surface area contributed by atoms with Crippen molar-refractivity contribution in [1.29, 1.82) is 0 Å². The predicted molar refractivity (Wildman–Crippen MR) is 106 cm³/mol. The maximum absolute atomic E-state index is 11.1. The fourth-order valence-corrected chi connectivity index (χ4v) is 2.23. The SMILES string of the molecule is CCCCC/C=C\C/C(=C\C/C(=C\C/C=C\CCC[C]=O)[N+](=O)[O-])[N+](=O)[O-]. The van der Waals surface area contributed by atoms with Crippen molar-refractivity contribution in [1.82, 2.24) is 0 Å². The maximum atomic E-state index is 11.1. The maximum Gasteiger partial charge on any atom is 0.246 e. The van der Waals surface area contributed by atoms with Crippen LogP contribution in [-0.2, 0) is 4.79 Å². The molecule has 0 fully saturated rings. The molecule has 0 aromatic carbocycles. The van der Waals surface area contributed by atoms with E-state index in [9.17, 15) is 25.0 Å². The molecule has 0 N–H and O–H groups in total. The van der Waals surface area contributed by atoms with Crippen LogP contribution in [0.2, 0.25) is 0 Å². The molecule has 0 saturated carbocycles. The van der Waals surface area contributed by atoms with E-state index in [1.165, 1.54) is 12.2 Å². The van der Waals surface area contributed by atoms with Gasteiger partial charge in [-0.25, -0.2) is 0 Å². The summed E-state index contributed by atoms with van der Waals surface area (Å²) < 4.78 is 0. The van der Waals surface area contributed by atoms with Crippen molar-refractivity contribution in [3.63, 3.8) is 0 Å². The summed E-state index contributed by atoms with van der Waals surface area (Å²) in [5, 5.41) is 22.2. The standard InChI is InChI=1S/C20H29N2O5/c1-2-3-4-5-8-11-14-19(21(24)25)16-17-20(22(26)27)15-12-9-6-7-10-13-18-23/h6,8-9,11,15-16H,2-5,7,10,12-14,17H2,1H3/b9-6-,11-8-,19-16+,20-15+. The number of carbonyl (C=O) groups excluding carboxylic acids is 1. The Labute approximate surface area is 160 Å². The molecular weight excluding hydrogens is 348 g/mol. The van der Waals surface area contributed by atoms with Gasteiger partial charge in [-0.1, -0.05) is 44.1 Å². The van der Waals surface area contributed by atoms with Crippen LogP contribution in [0.1, 0.15) is 71.1 Å². The molecular formula is C20H29N2O5. The van der Waals surface area contributed by atoms with Crippen LogP contribution in [0.25, 0.3) is 0 Å². The summed E-state index contributed by atoms with van der Waals surface area (Å²) >= 11 is 0. The Kier molecular flexibility index (Phi) is 15.3. The van der Waals surface area contributed by atoms with Gasteiger partial charge in [-0.05, 0) is 44.3 Å². The van der Waals surface area contributed by atoms with Crippen molar-refractivity contribution in [2.24, 2.45) is 0 Å². The summed E-state index contributed by atoms with van der Waals surface area (Å²) in [6.07, 6.45) is 18.3. The van der Waals surface area contributed by atoms with Crippen LogP contribution in [0.4, 0.5) is 0 Å². The molecule has 149 valence electrons. The molecule has 0 aromatic heterocycles. The van der Waals surface area contributed by atoms with Crippen LogP contribution in [0.3, 0.4) is 0 Å². The Balaban J connectivity index is 4.64. The van der Waals surface area contributed by atoms with Crippen molar-refractivity contribution in [2.75, 3.05) is 0 Å². The molecule has 0 bridgehead atoms. The van der Waals surface area contributed by atoms with Gasteiger partial charge >= 0.3 is 0 Å². The Bertz CT molecular complexity index is 577. The highest BCUT2D eigenvalue weighted by atomic mass is 16.6. The molecule has 7 nitrogen and oxygen atoms in total. The normalized spacial score (nSPS) is 12.8. The molecule has 7 heteroatoms. The second kappa shape index (κ2) is 16.9. The van der Waals surface area contributed by atoms with Gasteiger partial charge in [-0.2, -0.15) is 0 Å². The van der Waals surface area contributed by atoms with E-state index in [0.29, 0.717) is 25.7 Å². The largest absolute Gasteiger partial charge is 0.291 e. The number of hydrogen-bond acceptors (Lipinski definition) is 5. The highest BCUT2D eigenvalue weighted by Crippen LogP contribution is 2.12. The minimum absolute atomic E-state index is 0.0323. The lowest BCUT2D eigenvalue weighted by Crippen LogP contribution is -2.01. The van der Waals surface area contributed by atoms with E-state index in [1.807, 2.05) is 12.2 Å². The van der Waals surface area contributed by atoms with Crippen LogP contribution < -0.4 is 0 Å². The van der Waals surface area contributed by atoms with Gasteiger partial charge in [0.15, 0.2) is 6.29 Å². The lowest BCUT2D eigenvalue weighted by atomic mass is 10.1. The lowest BCUT2D eigenvalue weighted by Gasteiger charge is -1.97. The minimum atomic E-state index is -0.510. The first kappa shape index (κ1) is 24.4.